The van der Waals surface area contributed by atoms with Crippen molar-refractivity contribution in [2.75, 3.05) is 13.2 Å². The van der Waals surface area contributed by atoms with E-state index in [0.717, 1.165) is 23.0 Å². The molecule has 0 atom stereocenters. The third-order valence-corrected chi connectivity index (χ3v) is 4.95. The molecule has 0 unspecified atom stereocenters. The zero-order valence-corrected chi connectivity index (χ0v) is 14.4. The van der Waals surface area contributed by atoms with Crippen molar-refractivity contribution in [1.29, 1.82) is 0 Å². The van der Waals surface area contributed by atoms with Crippen LogP contribution in [0.1, 0.15) is 16.7 Å². The number of aldehydes is 1. The fraction of sp³-hybridized carbons (Fsp3) is 0.174. The number of hydrogen-bond acceptors (Lipinski definition) is 3. The fourth-order valence-corrected chi connectivity index (χ4v) is 3.43. The second-order valence-corrected chi connectivity index (χ2v) is 6.57. The molecule has 26 heavy (non-hydrogen) atoms. The highest BCUT2D eigenvalue weighted by atomic mass is 16.7. The predicted molar refractivity (Wildman–Crippen MR) is 99.8 cm³/mol. The van der Waals surface area contributed by atoms with Gasteiger partial charge >= 0.3 is 0 Å². The maximum atomic E-state index is 12.0. The molecule has 1 aliphatic rings. The van der Waals surface area contributed by atoms with Gasteiger partial charge in [0, 0.05) is 11.1 Å². The number of rotatable bonds is 4. The van der Waals surface area contributed by atoms with Crippen molar-refractivity contribution in [3.8, 4) is 0 Å². The van der Waals surface area contributed by atoms with Crippen molar-refractivity contribution >= 4 is 6.29 Å². The summed E-state index contributed by atoms with van der Waals surface area (Å²) < 4.78 is 12.7. The molecule has 0 N–H and O–H groups in total. The van der Waals surface area contributed by atoms with Crippen LogP contribution < -0.4 is 0 Å². The largest absolute Gasteiger partial charge is 0.341 e. The SMILES string of the molecule is O=CC1(c2ccccc2)COC(c2ccccc2)(c2ccccc2)OC1. The Morgan fingerprint density at radius 3 is 1.38 bits per heavy atom. The number of hydrogen-bond donors (Lipinski definition) is 0. The smallest absolute Gasteiger partial charge is 0.222 e. The normalized spacial score (nSPS) is 18.2. The van der Waals surface area contributed by atoms with Gasteiger partial charge in [0.25, 0.3) is 0 Å². The summed E-state index contributed by atoms with van der Waals surface area (Å²) in [6.45, 7) is 0.509. The molecule has 1 fully saturated rings. The third-order valence-electron chi connectivity index (χ3n) is 4.95. The first kappa shape index (κ1) is 16.7. The van der Waals surface area contributed by atoms with Crippen molar-refractivity contribution in [2.24, 2.45) is 0 Å². The van der Waals surface area contributed by atoms with E-state index in [1.54, 1.807) is 0 Å². The standard InChI is InChI=1S/C23H20O3/c24-16-22(19-10-4-1-5-11-19)17-25-23(26-18-22,20-12-6-2-7-13-20)21-14-8-3-9-15-21/h1-16H,17-18H2. The van der Waals surface area contributed by atoms with Gasteiger partial charge in [-0.1, -0.05) is 91.0 Å². The van der Waals surface area contributed by atoms with Gasteiger partial charge in [0.15, 0.2) is 0 Å². The maximum Gasteiger partial charge on any atom is 0.222 e. The van der Waals surface area contributed by atoms with Crippen LogP contribution in [0.15, 0.2) is 91.0 Å². The van der Waals surface area contributed by atoms with Crippen molar-refractivity contribution in [1.82, 2.24) is 0 Å². The zero-order chi connectivity index (χ0) is 17.9. The second-order valence-electron chi connectivity index (χ2n) is 6.57. The number of benzene rings is 3. The minimum atomic E-state index is -1.01. The minimum Gasteiger partial charge on any atom is -0.341 e. The lowest BCUT2D eigenvalue weighted by molar-refractivity contribution is -0.268. The van der Waals surface area contributed by atoms with Crippen molar-refractivity contribution in [3.05, 3.63) is 108 Å². The molecule has 130 valence electrons. The lowest BCUT2D eigenvalue weighted by atomic mass is 9.81. The van der Waals surface area contributed by atoms with Gasteiger partial charge in [0.05, 0.1) is 18.6 Å². The average Bonchev–Trinajstić information content (AvgIpc) is 2.76. The summed E-state index contributed by atoms with van der Waals surface area (Å²) in [5.41, 5.74) is 1.94. The highest BCUT2D eigenvalue weighted by molar-refractivity contribution is 5.69. The Morgan fingerprint density at radius 1 is 0.615 bits per heavy atom. The first-order valence-corrected chi connectivity index (χ1v) is 8.70. The molecule has 0 bridgehead atoms. The fourth-order valence-electron chi connectivity index (χ4n) is 3.43. The molecule has 0 radical (unpaired) electrons. The van der Waals surface area contributed by atoms with Gasteiger partial charge in [-0.15, -0.1) is 0 Å². The van der Waals surface area contributed by atoms with Gasteiger partial charge in [-0.3, -0.25) is 0 Å². The Kier molecular flexibility index (Phi) is 4.41. The highest BCUT2D eigenvalue weighted by Gasteiger charge is 2.48. The van der Waals surface area contributed by atoms with Crippen LogP contribution in [-0.2, 0) is 25.5 Å². The number of carbonyl (C=O) groups is 1. The van der Waals surface area contributed by atoms with E-state index in [1.165, 1.54) is 0 Å². The van der Waals surface area contributed by atoms with Gasteiger partial charge < -0.3 is 14.3 Å². The Morgan fingerprint density at radius 2 is 1.00 bits per heavy atom. The van der Waals surface area contributed by atoms with E-state index in [2.05, 4.69) is 0 Å². The Balaban J connectivity index is 1.74. The Bertz CT molecular complexity index is 810. The lowest BCUT2D eigenvalue weighted by Gasteiger charge is -2.44. The zero-order valence-electron chi connectivity index (χ0n) is 14.4. The first-order chi connectivity index (χ1) is 12.8. The highest BCUT2D eigenvalue weighted by Crippen LogP contribution is 2.42. The molecule has 0 spiro atoms. The van der Waals surface area contributed by atoms with E-state index < -0.39 is 11.2 Å². The molecule has 3 aromatic rings. The average molecular weight is 344 g/mol. The van der Waals surface area contributed by atoms with Crippen molar-refractivity contribution in [2.45, 2.75) is 11.2 Å². The lowest BCUT2D eigenvalue weighted by Crippen LogP contribution is -2.51. The van der Waals surface area contributed by atoms with E-state index in [-0.39, 0.29) is 13.2 Å². The summed E-state index contributed by atoms with van der Waals surface area (Å²) in [5, 5.41) is 0. The molecule has 3 heteroatoms. The van der Waals surface area contributed by atoms with Crippen LogP contribution >= 0.6 is 0 Å². The molecule has 3 aromatic carbocycles. The number of carbonyl (C=O) groups excluding carboxylic acids is 1. The van der Waals surface area contributed by atoms with Crippen LogP contribution in [0.25, 0.3) is 0 Å². The summed E-state index contributed by atoms with van der Waals surface area (Å²) in [4.78, 5) is 12.0. The van der Waals surface area contributed by atoms with Crippen LogP contribution in [0.3, 0.4) is 0 Å². The van der Waals surface area contributed by atoms with E-state index in [4.69, 9.17) is 9.47 Å². The van der Waals surface area contributed by atoms with Crippen LogP contribution in [0.4, 0.5) is 0 Å². The summed E-state index contributed by atoms with van der Waals surface area (Å²) in [7, 11) is 0. The first-order valence-electron chi connectivity index (χ1n) is 8.70. The Labute approximate surface area is 153 Å². The topological polar surface area (TPSA) is 35.5 Å². The molecule has 0 aliphatic carbocycles. The van der Waals surface area contributed by atoms with E-state index >= 15 is 0 Å². The molecular weight excluding hydrogens is 324 g/mol. The molecule has 0 saturated carbocycles. The van der Waals surface area contributed by atoms with Gasteiger partial charge in [-0.05, 0) is 5.56 Å². The minimum absolute atomic E-state index is 0.254. The van der Waals surface area contributed by atoms with Gasteiger partial charge in [0.2, 0.25) is 5.79 Å². The van der Waals surface area contributed by atoms with Crippen molar-refractivity contribution < 1.29 is 14.3 Å². The van der Waals surface area contributed by atoms with E-state index in [9.17, 15) is 4.79 Å². The third kappa shape index (κ3) is 2.75. The van der Waals surface area contributed by atoms with Crippen LogP contribution in [0, 0.1) is 0 Å². The van der Waals surface area contributed by atoms with Crippen LogP contribution in [0.2, 0.25) is 0 Å². The summed E-state index contributed by atoms with van der Waals surface area (Å²) in [6.07, 6.45) is 0.947. The number of ether oxygens (including phenoxy) is 2. The Hall–Kier alpha value is -2.75. The molecule has 0 amide bonds. The molecule has 0 aromatic heterocycles. The van der Waals surface area contributed by atoms with Crippen molar-refractivity contribution in [3.63, 3.8) is 0 Å². The molecule has 1 aliphatic heterocycles. The second kappa shape index (κ2) is 6.87. The maximum absolute atomic E-state index is 12.0. The van der Waals surface area contributed by atoms with Crippen LogP contribution in [-0.4, -0.2) is 19.5 Å². The van der Waals surface area contributed by atoms with Crippen LogP contribution in [0.5, 0.6) is 0 Å². The summed E-state index contributed by atoms with van der Waals surface area (Å²) in [5.74, 6) is -1.01. The quantitative estimate of drug-likeness (QED) is 0.669. The monoisotopic (exact) mass is 344 g/mol. The molecule has 1 heterocycles. The van der Waals surface area contributed by atoms with Gasteiger partial charge in [0.1, 0.15) is 6.29 Å². The summed E-state index contributed by atoms with van der Waals surface area (Å²) in [6, 6.07) is 29.4. The van der Waals surface area contributed by atoms with E-state index in [0.29, 0.717) is 0 Å². The molecule has 4 rings (SSSR count). The summed E-state index contributed by atoms with van der Waals surface area (Å²) >= 11 is 0. The van der Waals surface area contributed by atoms with E-state index in [1.807, 2.05) is 91.0 Å². The molecule has 3 nitrogen and oxygen atoms in total. The molecule has 1 saturated heterocycles. The molecular formula is C23H20O3. The van der Waals surface area contributed by atoms with Gasteiger partial charge in [-0.2, -0.15) is 0 Å². The predicted octanol–water partition coefficient (Wildman–Crippen LogP) is 4.07. The van der Waals surface area contributed by atoms with Gasteiger partial charge in [-0.25, -0.2) is 0 Å².